The minimum Gasteiger partial charge on any atom is -0.497 e. The van der Waals surface area contributed by atoms with Crippen LogP contribution < -0.4 is 30.9 Å². The second kappa shape index (κ2) is 12.2. The maximum absolute atomic E-state index is 12.2. The number of carbonyl (C=O) groups is 2. The highest BCUT2D eigenvalue weighted by atomic mass is 32.2. The van der Waals surface area contributed by atoms with Crippen LogP contribution >= 0.6 is 24.8 Å². The van der Waals surface area contributed by atoms with E-state index in [1.807, 2.05) is 4.72 Å². The highest BCUT2D eigenvalue weighted by molar-refractivity contribution is 7.87. The first-order chi connectivity index (χ1) is 15.6. The Morgan fingerprint density at radius 3 is 2.42 bits per heavy atom. The molecule has 0 radical (unpaired) electrons. The van der Waals surface area contributed by atoms with Gasteiger partial charge >= 0.3 is 10.3 Å². The van der Waals surface area contributed by atoms with Gasteiger partial charge in [-0.05, 0) is 48.6 Å². The van der Waals surface area contributed by atoms with Gasteiger partial charge in [0.15, 0.2) is 5.11 Å². The molecule has 2 aromatic carbocycles. The van der Waals surface area contributed by atoms with Gasteiger partial charge in [0.05, 0.1) is 24.1 Å². The number of thiocarbonyl (C=S) groups is 1. The molecule has 2 unspecified atom stereocenters. The van der Waals surface area contributed by atoms with Gasteiger partial charge in [-0.1, -0.05) is 6.07 Å². The summed E-state index contributed by atoms with van der Waals surface area (Å²) in [4.78, 5) is 23.7. The molecule has 0 aliphatic rings. The molecule has 0 aromatic heterocycles. The Kier molecular flexibility index (Phi) is 9.72. The molecule has 0 fully saturated rings. The van der Waals surface area contributed by atoms with Gasteiger partial charge in [0, 0.05) is 23.9 Å². The number of thiol groups is 1. The highest BCUT2D eigenvalue weighted by Gasteiger charge is 2.21. The number of hydrogen-bond donors (Lipinski definition) is 7. The van der Waals surface area contributed by atoms with E-state index in [-0.39, 0.29) is 17.2 Å². The van der Waals surface area contributed by atoms with Gasteiger partial charge in [-0.25, -0.2) is 0 Å². The van der Waals surface area contributed by atoms with E-state index in [4.69, 9.17) is 21.5 Å². The van der Waals surface area contributed by atoms with Crippen molar-refractivity contribution in [1.82, 2.24) is 10.9 Å². The maximum atomic E-state index is 12.2. The van der Waals surface area contributed by atoms with Gasteiger partial charge in [0.1, 0.15) is 12.0 Å². The number of hydrogen-bond acceptors (Lipinski definition) is 8. The molecular weight excluding hydrogens is 490 g/mol. The molecule has 0 aliphatic heterocycles. The summed E-state index contributed by atoms with van der Waals surface area (Å²) in [6, 6.07) is 12.9. The van der Waals surface area contributed by atoms with Gasteiger partial charge < -0.3 is 20.2 Å². The third kappa shape index (κ3) is 9.53. The molecule has 0 bridgehead atoms. The molecule has 2 aromatic rings. The normalized spacial score (nSPS) is 12.6. The third-order valence-electron chi connectivity index (χ3n) is 4.09. The van der Waals surface area contributed by atoms with E-state index in [1.165, 1.54) is 24.3 Å². The fourth-order valence-corrected chi connectivity index (χ4v) is 3.48. The van der Waals surface area contributed by atoms with Crippen molar-refractivity contribution < 1.29 is 27.3 Å². The molecule has 33 heavy (non-hydrogen) atoms. The lowest BCUT2D eigenvalue weighted by atomic mass is 10.1. The Hall–Kier alpha value is -3.07. The topological polar surface area (TPSA) is 158 Å². The van der Waals surface area contributed by atoms with Crippen LogP contribution in [-0.2, 0) is 19.9 Å². The summed E-state index contributed by atoms with van der Waals surface area (Å²) in [7, 11) is -2.84. The van der Waals surface area contributed by atoms with Crippen LogP contribution in [0, 0.1) is 5.92 Å². The molecule has 2 rings (SSSR count). The second-order valence-corrected chi connectivity index (χ2v) is 8.73. The van der Waals surface area contributed by atoms with E-state index >= 15 is 0 Å². The van der Waals surface area contributed by atoms with Crippen molar-refractivity contribution in [2.45, 2.75) is 11.8 Å². The van der Waals surface area contributed by atoms with Crippen molar-refractivity contribution in [3.05, 3.63) is 48.5 Å². The lowest BCUT2D eigenvalue weighted by Gasteiger charge is -2.21. The molecule has 0 saturated heterocycles. The van der Waals surface area contributed by atoms with E-state index in [9.17, 15) is 18.0 Å². The Bertz CT molecular complexity index is 1080. The fraction of sp³-hybridized carbons (Fsp3) is 0.211. The zero-order chi connectivity index (χ0) is 24.4. The largest absolute Gasteiger partial charge is 0.497 e. The minimum absolute atomic E-state index is 0.137. The molecule has 2 atom stereocenters. The molecule has 11 nitrogen and oxygen atoms in total. The first-order valence-electron chi connectivity index (χ1n) is 9.34. The number of benzene rings is 2. The van der Waals surface area contributed by atoms with Crippen molar-refractivity contribution >= 4 is 69.5 Å². The van der Waals surface area contributed by atoms with Crippen LogP contribution in [0.15, 0.2) is 48.5 Å². The van der Waals surface area contributed by atoms with Crippen molar-refractivity contribution in [2.75, 3.05) is 22.5 Å². The zero-order valence-electron chi connectivity index (χ0n) is 17.3. The molecule has 0 spiro atoms. The second-order valence-electron chi connectivity index (χ2n) is 6.61. The van der Waals surface area contributed by atoms with Crippen molar-refractivity contribution in [3.63, 3.8) is 0 Å². The number of anilines is 3. The van der Waals surface area contributed by atoms with Gasteiger partial charge in [-0.2, -0.15) is 21.0 Å². The van der Waals surface area contributed by atoms with Crippen LogP contribution in [0.5, 0.6) is 5.75 Å². The fourth-order valence-electron chi connectivity index (χ4n) is 2.55. The summed E-state index contributed by atoms with van der Waals surface area (Å²) in [5, 5.41) is 5.25. The SMILES string of the molecule is COc1cccc(NC(=S)NNC(=O)CC(C=O)C(S)Nc2ccc(NS(=O)(=O)O)cc2)c1. The molecule has 1 amide bonds. The van der Waals surface area contributed by atoms with E-state index in [1.54, 1.807) is 31.4 Å². The molecule has 178 valence electrons. The Morgan fingerprint density at radius 2 is 1.82 bits per heavy atom. The molecule has 0 aliphatic carbocycles. The maximum Gasteiger partial charge on any atom is 0.357 e. The molecule has 0 saturated carbocycles. The Balaban J connectivity index is 1.82. The number of nitrogens with one attached hydrogen (secondary N) is 5. The number of amides is 1. The predicted molar refractivity (Wildman–Crippen MR) is 133 cm³/mol. The van der Waals surface area contributed by atoms with Crippen LogP contribution in [0.25, 0.3) is 0 Å². The lowest BCUT2D eigenvalue weighted by molar-refractivity contribution is -0.124. The van der Waals surface area contributed by atoms with E-state index in [0.29, 0.717) is 23.4 Å². The monoisotopic (exact) mass is 513 g/mol. The first kappa shape index (κ1) is 26.2. The van der Waals surface area contributed by atoms with Gasteiger partial charge in [0.2, 0.25) is 5.91 Å². The number of carbonyl (C=O) groups excluding carboxylic acids is 2. The van der Waals surface area contributed by atoms with Crippen molar-refractivity contribution in [3.8, 4) is 5.75 Å². The smallest absolute Gasteiger partial charge is 0.357 e. The summed E-state index contributed by atoms with van der Waals surface area (Å²) in [6.07, 6.45) is 0.424. The lowest BCUT2D eigenvalue weighted by Crippen LogP contribution is -2.45. The summed E-state index contributed by atoms with van der Waals surface area (Å²) >= 11 is 9.46. The molecular formula is C19H23N5O6S3. The number of methoxy groups -OCH3 is 1. The summed E-state index contributed by atoms with van der Waals surface area (Å²) < 4.78 is 37.5. The van der Waals surface area contributed by atoms with E-state index in [0.717, 1.165) is 0 Å². The average Bonchev–Trinajstić information content (AvgIpc) is 2.76. The van der Waals surface area contributed by atoms with E-state index in [2.05, 4.69) is 34.1 Å². The summed E-state index contributed by atoms with van der Waals surface area (Å²) in [6.45, 7) is 0. The van der Waals surface area contributed by atoms with Crippen LogP contribution in [0.4, 0.5) is 17.1 Å². The van der Waals surface area contributed by atoms with Crippen molar-refractivity contribution in [1.29, 1.82) is 0 Å². The van der Waals surface area contributed by atoms with Crippen LogP contribution in [0.2, 0.25) is 0 Å². The van der Waals surface area contributed by atoms with Crippen LogP contribution in [-0.4, -0.2) is 42.8 Å². The minimum atomic E-state index is -4.38. The summed E-state index contributed by atoms with van der Waals surface area (Å²) in [5.41, 5.74) is 6.29. The van der Waals surface area contributed by atoms with Gasteiger partial charge in [0.25, 0.3) is 0 Å². The quantitative estimate of drug-likeness (QED) is 0.0624. The number of hydrazine groups is 1. The molecule has 6 N–H and O–H groups in total. The van der Waals surface area contributed by atoms with Crippen molar-refractivity contribution in [2.24, 2.45) is 5.92 Å². The van der Waals surface area contributed by atoms with Gasteiger partial charge in [-0.3, -0.25) is 24.9 Å². The van der Waals surface area contributed by atoms with Crippen LogP contribution in [0.3, 0.4) is 0 Å². The van der Waals surface area contributed by atoms with Crippen LogP contribution in [0.1, 0.15) is 6.42 Å². The first-order valence-corrected chi connectivity index (χ1v) is 11.7. The van der Waals surface area contributed by atoms with E-state index < -0.39 is 27.5 Å². The summed E-state index contributed by atoms with van der Waals surface area (Å²) in [5.74, 6) is -0.640. The zero-order valence-corrected chi connectivity index (χ0v) is 19.8. The standard InChI is InChI=1S/C19H23N5O6S3/c1-30-16-4-2-3-15(10-16)21-19(32)23-22-17(26)9-12(11-25)18(31)20-13-5-7-14(8-6-13)24-33(27,28)29/h2-8,10-12,18,20,24,31H,9H2,1H3,(H,22,26)(H2,21,23,32)(H,27,28,29). The number of ether oxygens (including phenoxy) is 1. The predicted octanol–water partition coefficient (Wildman–Crippen LogP) is 1.80. The average molecular weight is 514 g/mol. The molecule has 14 heteroatoms. The Labute approximate surface area is 201 Å². The third-order valence-corrected chi connectivity index (χ3v) is 5.30. The number of aldehydes is 1. The van der Waals surface area contributed by atoms with Gasteiger partial charge in [-0.15, -0.1) is 0 Å². The Morgan fingerprint density at radius 1 is 1.15 bits per heavy atom. The number of rotatable bonds is 10. The molecule has 0 heterocycles. The highest BCUT2D eigenvalue weighted by Crippen LogP contribution is 2.20.